The van der Waals surface area contributed by atoms with Gasteiger partial charge >= 0.3 is 6.09 Å². The summed E-state index contributed by atoms with van der Waals surface area (Å²) in [5.41, 5.74) is -0.559. The molecule has 0 bridgehead atoms. The molecule has 3 rings (SSSR count). The lowest BCUT2D eigenvalue weighted by Gasteiger charge is -2.36. The van der Waals surface area contributed by atoms with E-state index < -0.39 is 17.7 Å². The predicted octanol–water partition coefficient (Wildman–Crippen LogP) is 1.84. The van der Waals surface area contributed by atoms with Crippen LogP contribution < -0.4 is 0 Å². The standard InChI is InChI=1S/C17H27N5O3/c1-17(2,3)25-16(24)21-9-5-7-14(21)15(23)20-8-4-6-13(10-20)22-12-18-11-19-22/h11-14H,4-10H2,1-3H3/t13-,14-/m0/s1. The highest BCUT2D eigenvalue weighted by Gasteiger charge is 2.39. The average Bonchev–Trinajstić information content (AvgIpc) is 3.24. The number of rotatable bonds is 2. The van der Waals surface area contributed by atoms with Crippen LogP contribution in [0, 0.1) is 0 Å². The summed E-state index contributed by atoms with van der Waals surface area (Å²) in [7, 11) is 0. The molecule has 2 amide bonds. The van der Waals surface area contributed by atoms with E-state index >= 15 is 0 Å². The molecule has 0 N–H and O–H groups in total. The number of hydrogen-bond donors (Lipinski definition) is 0. The number of hydrogen-bond acceptors (Lipinski definition) is 5. The molecule has 0 unspecified atom stereocenters. The van der Waals surface area contributed by atoms with Crippen LogP contribution >= 0.6 is 0 Å². The van der Waals surface area contributed by atoms with Crippen molar-refractivity contribution in [2.75, 3.05) is 19.6 Å². The fourth-order valence-electron chi connectivity index (χ4n) is 3.55. The Bertz CT molecular complexity index is 610. The number of ether oxygens (including phenoxy) is 1. The normalized spacial score (nSPS) is 24.4. The van der Waals surface area contributed by atoms with Gasteiger partial charge in [-0.3, -0.25) is 9.69 Å². The maximum absolute atomic E-state index is 13.0. The van der Waals surface area contributed by atoms with Gasteiger partial charge in [0.25, 0.3) is 0 Å². The van der Waals surface area contributed by atoms with Gasteiger partial charge < -0.3 is 9.64 Å². The molecule has 0 saturated carbocycles. The van der Waals surface area contributed by atoms with Gasteiger partial charge in [0.05, 0.1) is 6.04 Å². The van der Waals surface area contributed by atoms with Crippen molar-refractivity contribution in [3.8, 4) is 0 Å². The number of aromatic nitrogens is 3. The first kappa shape index (κ1) is 17.7. The maximum Gasteiger partial charge on any atom is 0.410 e. The highest BCUT2D eigenvalue weighted by molar-refractivity contribution is 5.86. The van der Waals surface area contributed by atoms with Crippen molar-refractivity contribution in [1.29, 1.82) is 0 Å². The third kappa shape index (κ3) is 4.11. The second-order valence-electron chi connectivity index (χ2n) is 7.79. The molecular formula is C17H27N5O3. The molecular weight excluding hydrogens is 322 g/mol. The number of piperidine rings is 1. The first-order valence-corrected chi connectivity index (χ1v) is 8.98. The van der Waals surface area contributed by atoms with Crippen molar-refractivity contribution in [2.45, 2.75) is 64.1 Å². The van der Waals surface area contributed by atoms with Gasteiger partial charge in [0, 0.05) is 19.6 Å². The Kier molecular flexibility index (Phi) is 4.96. The fraction of sp³-hybridized carbons (Fsp3) is 0.765. The Labute approximate surface area is 148 Å². The Morgan fingerprint density at radius 1 is 1.16 bits per heavy atom. The van der Waals surface area contributed by atoms with Gasteiger partial charge in [-0.1, -0.05) is 0 Å². The van der Waals surface area contributed by atoms with E-state index in [0.717, 1.165) is 25.8 Å². The molecule has 3 heterocycles. The minimum absolute atomic E-state index is 0.0215. The summed E-state index contributed by atoms with van der Waals surface area (Å²) in [4.78, 5) is 32.9. The van der Waals surface area contributed by atoms with Crippen molar-refractivity contribution in [2.24, 2.45) is 0 Å². The van der Waals surface area contributed by atoms with Gasteiger partial charge in [0.2, 0.25) is 5.91 Å². The molecule has 0 radical (unpaired) electrons. The SMILES string of the molecule is CC(C)(C)OC(=O)N1CCC[C@H]1C(=O)N1CCC[C@H](n2cncn2)C1. The van der Waals surface area contributed by atoms with E-state index in [1.54, 1.807) is 11.2 Å². The van der Waals surface area contributed by atoms with E-state index in [2.05, 4.69) is 10.1 Å². The third-order valence-electron chi connectivity index (χ3n) is 4.68. The lowest BCUT2D eigenvalue weighted by Crippen LogP contribution is -2.51. The van der Waals surface area contributed by atoms with Gasteiger partial charge in [-0.15, -0.1) is 0 Å². The number of amides is 2. The van der Waals surface area contributed by atoms with Gasteiger partial charge in [0.15, 0.2) is 0 Å². The zero-order valence-electron chi connectivity index (χ0n) is 15.2. The van der Waals surface area contributed by atoms with Gasteiger partial charge in [-0.05, 0) is 46.5 Å². The zero-order valence-corrected chi connectivity index (χ0v) is 15.2. The minimum Gasteiger partial charge on any atom is -0.444 e. The van der Waals surface area contributed by atoms with E-state index in [1.165, 1.54) is 6.33 Å². The largest absolute Gasteiger partial charge is 0.444 e. The Morgan fingerprint density at radius 2 is 1.92 bits per heavy atom. The summed E-state index contributed by atoms with van der Waals surface area (Å²) in [6, 6.07) is -0.263. The van der Waals surface area contributed by atoms with Gasteiger partial charge in [0.1, 0.15) is 24.3 Å². The van der Waals surface area contributed by atoms with Crippen LogP contribution in [0.5, 0.6) is 0 Å². The highest BCUT2D eigenvalue weighted by atomic mass is 16.6. The van der Waals surface area contributed by atoms with E-state index in [-0.39, 0.29) is 11.9 Å². The van der Waals surface area contributed by atoms with Crippen molar-refractivity contribution in [1.82, 2.24) is 24.6 Å². The molecule has 1 aromatic rings. The van der Waals surface area contributed by atoms with Crippen LogP contribution in [0.15, 0.2) is 12.7 Å². The molecule has 8 nitrogen and oxygen atoms in total. The van der Waals surface area contributed by atoms with E-state index in [4.69, 9.17) is 4.74 Å². The maximum atomic E-state index is 13.0. The van der Waals surface area contributed by atoms with Crippen LogP contribution in [0.3, 0.4) is 0 Å². The summed E-state index contributed by atoms with van der Waals surface area (Å²) >= 11 is 0. The molecule has 2 fully saturated rings. The fourth-order valence-corrected chi connectivity index (χ4v) is 3.55. The summed E-state index contributed by atoms with van der Waals surface area (Å²) in [6.07, 6.45) is 6.25. The summed E-state index contributed by atoms with van der Waals surface area (Å²) in [5.74, 6) is 0.0215. The monoisotopic (exact) mass is 349 g/mol. The van der Waals surface area contributed by atoms with Crippen LogP contribution in [0.1, 0.15) is 52.5 Å². The molecule has 138 valence electrons. The Balaban J connectivity index is 1.65. The molecule has 2 atom stereocenters. The molecule has 2 aliphatic heterocycles. The Hall–Kier alpha value is -2.12. The van der Waals surface area contributed by atoms with Crippen LogP contribution in [0.2, 0.25) is 0 Å². The Morgan fingerprint density at radius 3 is 2.60 bits per heavy atom. The van der Waals surface area contributed by atoms with Crippen LogP contribution in [-0.2, 0) is 9.53 Å². The van der Waals surface area contributed by atoms with E-state index in [0.29, 0.717) is 19.5 Å². The number of carbonyl (C=O) groups excluding carboxylic acids is 2. The third-order valence-corrected chi connectivity index (χ3v) is 4.68. The van der Waals surface area contributed by atoms with Crippen molar-refractivity contribution < 1.29 is 14.3 Å². The highest BCUT2D eigenvalue weighted by Crippen LogP contribution is 2.26. The zero-order chi connectivity index (χ0) is 18.0. The lowest BCUT2D eigenvalue weighted by molar-refractivity contribution is -0.137. The second-order valence-corrected chi connectivity index (χ2v) is 7.79. The van der Waals surface area contributed by atoms with Crippen molar-refractivity contribution >= 4 is 12.0 Å². The van der Waals surface area contributed by atoms with Crippen molar-refractivity contribution in [3.05, 3.63) is 12.7 Å². The summed E-state index contributed by atoms with van der Waals surface area (Å²) in [6.45, 7) is 7.43. The van der Waals surface area contributed by atoms with E-state index in [1.807, 2.05) is 30.4 Å². The molecule has 25 heavy (non-hydrogen) atoms. The molecule has 8 heteroatoms. The van der Waals surface area contributed by atoms with E-state index in [9.17, 15) is 9.59 Å². The predicted molar refractivity (Wildman–Crippen MR) is 90.8 cm³/mol. The first-order chi connectivity index (χ1) is 11.8. The second kappa shape index (κ2) is 7.01. The molecule has 1 aromatic heterocycles. The topological polar surface area (TPSA) is 80.6 Å². The number of likely N-dealkylation sites (tertiary alicyclic amines) is 2. The van der Waals surface area contributed by atoms with Crippen molar-refractivity contribution in [3.63, 3.8) is 0 Å². The van der Waals surface area contributed by atoms with Crippen LogP contribution in [0.25, 0.3) is 0 Å². The lowest BCUT2D eigenvalue weighted by atomic mass is 10.0. The quantitative estimate of drug-likeness (QED) is 0.814. The number of carbonyl (C=O) groups is 2. The molecule has 0 spiro atoms. The van der Waals surface area contributed by atoms with Crippen LogP contribution in [-0.4, -0.2) is 67.8 Å². The molecule has 2 aliphatic rings. The first-order valence-electron chi connectivity index (χ1n) is 8.98. The van der Waals surface area contributed by atoms with Gasteiger partial charge in [-0.25, -0.2) is 14.5 Å². The average molecular weight is 349 g/mol. The molecule has 0 aromatic carbocycles. The molecule has 2 saturated heterocycles. The van der Waals surface area contributed by atoms with Gasteiger partial charge in [-0.2, -0.15) is 5.10 Å². The minimum atomic E-state index is -0.559. The summed E-state index contributed by atoms with van der Waals surface area (Å²) in [5, 5.41) is 4.20. The smallest absolute Gasteiger partial charge is 0.410 e. The van der Waals surface area contributed by atoms with Crippen LogP contribution in [0.4, 0.5) is 4.79 Å². The number of nitrogens with zero attached hydrogens (tertiary/aromatic N) is 5. The molecule has 0 aliphatic carbocycles. The summed E-state index contributed by atoms with van der Waals surface area (Å²) < 4.78 is 7.28.